The maximum absolute atomic E-state index is 6.66. The van der Waals surface area contributed by atoms with E-state index in [0.29, 0.717) is 0 Å². The minimum atomic E-state index is 0.980. The molecule has 98 valence electrons. The van der Waals surface area contributed by atoms with Crippen LogP contribution in [-0.2, 0) is 25.7 Å². The predicted octanol–water partition coefficient (Wildman–Crippen LogP) is 4.65. The number of nitrogens with zero attached hydrogens (tertiary/aromatic N) is 1. The average Bonchev–Trinajstić information content (AvgIpc) is 2.47. The van der Waals surface area contributed by atoms with Gasteiger partial charge in [-0.25, -0.2) is 0 Å². The Labute approximate surface area is 119 Å². The fourth-order valence-corrected chi connectivity index (χ4v) is 4.02. The first-order valence-electron chi connectivity index (χ1n) is 7.46. The third kappa shape index (κ3) is 1.79. The zero-order chi connectivity index (χ0) is 12.8. The Balaban J connectivity index is 2.04. The molecule has 19 heavy (non-hydrogen) atoms. The van der Waals surface area contributed by atoms with E-state index in [2.05, 4.69) is 12.1 Å². The van der Waals surface area contributed by atoms with Crippen molar-refractivity contribution in [3.8, 4) is 0 Å². The van der Waals surface area contributed by atoms with Crippen molar-refractivity contribution in [1.82, 2.24) is 4.98 Å². The van der Waals surface area contributed by atoms with Gasteiger partial charge in [0.1, 0.15) is 0 Å². The monoisotopic (exact) mass is 271 g/mol. The van der Waals surface area contributed by atoms with Gasteiger partial charge in [0, 0.05) is 11.1 Å². The highest BCUT2D eigenvalue weighted by Gasteiger charge is 2.20. The summed E-state index contributed by atoms with van der Waals surface area (Å²) in [6.07, 6.45) is 9.72. The Hall–Kier alpha value is -1.08. The van der Waals surface area contributed by atoms with Gasteiger partial charge in [-0.3, -0.25) is 4.98 Å². The second-order valence-corrected chi connectivity index (χ2v) is 6.24. The first-order chi connectivity index (χ1) is 9.34. The van der Waals surface area contributed by atoms with Crippen LogP contribution in [0, 0.1) is 0 Å². The third-order valence-electron chi connectivity index (χ3n) is 4.69. The van der Waals surface area contributed by atoms with Gasteiger partial charge in [0.25, 0.3) is 0 Å². The summed E-state index contributed by atoms with van der Waals surface area (Å²) in [5, 5.41) is 2.16. The zero-order valence-corrected chi connectivity index (χ0v) is 11.9. The number of hydrogen-bond acceptors (Lipinski definition) is 1. The summed E-state index contributed by atoms with van der Waals surface area (Å²) in [4.78, 5) is 5.01. The lowest BCUT2D eigenvalue weighted by atomic mass is 9.88. The Morgan fingerprint density at radius 2 is 1.58 bits per heavy atom. The van der Waals surface area contributed by atoms with Crippen LogP contribution in [0.1, 0.15) is 48.1 Å². The van der Waals surface area contributed by atoms with Crippen LogP contribution < -0.4 is 0 Å². The van der Waals surface area contributed by atoms with E-state index in [9.17, 15) is 0 Å². The van der Waals surface area contributed by atoms with Crippen LogP contribution in [0.3, 0.4) is 0 Å². The number of benzene rings is 1. The van der Waals surface area contributed by atoms with Gasteiger partial charge >= 0.3 is 0 Å². The maximum atomic E-state index is 6.66. The van der Waals surface area contributed by atoms with Crippen LogP contribution in [0.5, 0.6) is 0 Å². The van der Waals surface area contributed by atoms with Gasteiger partial charge in [-0.1, -0.05) is 23.7 Å². The van der Waals surface area contributed by atoms with Crippen LogP contribution in [0.25, 0.3) is 10.9 Å². The largest absolute Gasteiger partial charge is 0.252 e. The Kier molecular flexibility index (Phi) is 2.77. The van der Waals surface area contributed by atoms with Crippen molar-refractivity contribution in [1.29, 1.82) is 0 Å². The van der Waals surface area contributed by atoms with E-state index >= 15 is 0 Å². The molecule has 0 spiro atoms. The second kappa shape index (κ2) is 4.49. The summed E-state index contributed by atoms with van der Waals surface area (Å²) in [5.41, 5.74) is 6.75. The second-order valence-electron chi connectivity index (χ2n) is 5.86. The summed E-state index contributed by atoms with van der Waals surface area (Å²) < 4.78 is 0. The molecule has 1 aromatic heterocycles. The smallest absolute Gasteiger partial charge is 0.0755 e. The molecule has 0 aliphatic heterocycles. The molecule has 0 bridgehead atoms. The van der Waals surface area contributed by atoms with Crippen molar-refractivity contribution in [3.63, 3.8) is 0 Å². The number of pyridine rings is 1. The number of fused-ring (bicyclic) bond motifs is 4. The van der Waals surface area contributed by atoms with E-state index in [4.69, 9.17) is 16.6 Å². The first kappa shape index (κ1) is 11.7. The third-order valence-corrected chi connectivity index (χ3v) is 5.12. The molecule has 0 saturated carbocycles. The number of aryl methyl sites for hydroxylation is 3. The highest BCUT2D eigenvalue weighted by Crippen LogP contribution is 2.36. The van der Waals surface area contributed by atoms with Crippen molar-refractivity contribution in [2.75, 3.05) is 0 Å². The van der Waals surface area contributed by atoms with Gasteiger partial charge < -0.3 is 0 Å². The topological polar surface area (TPSA) is 12.9 Å². The van der Waals surface area contributed by atoms with E-state index in [1.54, 1.807) is 0 Å². The molecule has 0 N–H and O–H groups in total. The summed E-state index contributed by atoms with van der Waals surface area (Å²) in [5.74, 6) is 0. The van der Waals surface area contributed by atoms with Crippen LogP contribution in [0.15, 0.2) is 12.1 Å². The first-order valence-corrected chi connectivity index (χ1v) is 7.84. The normalized spacial score (nSPS) is 18.2. The molecule has 0 radical (unpaired) electrons. The molecule has 0 unspecified atom stereocenters. The molecule has 4 rings (SSSR count). The molecule has 1 nitrogen and oxygen atoms in total. The Morgan fingerprint density at radius 3 is 2.47 bits per heavy atom. The van der Waals surface area contributed by atoms with Gasteiger partial charge in [0.15, 0.2) is 0 Å². The molecule has 1 heterocycles. The van der Waals surface area contributed by atoms with E-state index in [-0.39, 0.29) is 0 Å². The fraction of sp³-hybridized carbons (Fsp3) is 0.471. The van der Waals surface area contributed by atoms with Crippen molar-refractivity contribution in [3.05, 3.63) is 39.5 Å². The molecule has 2 heteroatoms. The lowest BCUT2D eigenvalue weighted by Gasteiger charge is -2.22. The van der Waals surface area contributed by atoms with Crippen LogP contribution in [0.2, 0.25) is 5.02 Å². The van der Waals surface area contributed by atoms with Gasteiger partial charge in [0.2, 0.25) is 0 Å². The van der Waals surface area contributed by atoms with Gasteiger partial charge in [-0.2, -0.15) is 0 Å². The minimum absolute atomic E-state index is 0.980. The van der Waals surface area contributed by atoms with E-state index in [1.807, 2.05) is 0 Å². The van der Waals surface area contributed by atoms with Gasteiger partial charge in [-0.05, 0) is 68.1 Å². The molecule has 0 fully saturated rings. The quantitative estimate of drug-likeness (QED) is 0.680. The van der Waals surface area contributed by atoms with Crippen LogP contribution in [0.4, 0.5) is 0 Å². The van der Waals surface area contributed by atoms with Crippen molar-refractivity contribution < 1.29 is 0 Å². The summed E-state index contributed by atoms with van der Waals surface area (Å²) >= 11 is 6.66. The van der Waals surface area contributed by atoms with Gasteiger partial charge in [-0.15, -0.1) is 0 Å². The van der Waals surface area contributed by atoms with Crippen molar-refractivity contribution >= 4 is 22.5 Å². The minimum Gasteiger partial charge on any atom is -0.252 e. The highest BCUT2D eigenvalue weighted by atomic mass is 35.5. The molecule has 2 aromatic rings. The summed E-state index contributed by atoms with van der Waals surface area (Å²) in [6.45, 7) is 0. The van der Waals surface area contributed by atoms with Crippen molar-refractivity contribution in [2.24, 2.45) is 0 Å². The standard InChI is InChI=1S/C17H18ClN/c18-16-13-7-3-4-8-15(13)19-17-12-6-2-1-5-11(12)9-10-14(16)17/h9-10H,1-8H2. The lowest BCUT2D eigenvalue weighted by molar-refractivity contribution is 0.668. The van der Waals surface area contributed by atoms with E-state index < -0.39 is 0 Å². The number of aromatic nitrogens is 1. The van der Waals surface area contributed by atoms with Gasteiger partial charge in [0.05, 0.1) is 10.5 Å². The fourth-order valence-electron chi connectivity index (χ4n) is 3.66. The number of rotatable bonds is 0. The molecule has 2 aliphatic rings. The average molecular weight is 272 g/mol. The summed E-state index contributed by atoms with van der Waals surface area (Å²) in [7, 11) is 0. The Morgan fingerprint density at radius 1 is 0.842 bits per heavy atom. The van der Waals surface area contributed by atoms with Crippen molar-refractivity contribution in [2.45, 2.75) is 51.4 Å². The maximum Gasteiger partial charge on any atom is 0.0755 e. The molecular formula is C17H18ClN. The SMILES string of the molecule is Clc1c2c(nc3c4c(ccc13)CCCC4)CCCC2. The lowest BCUT2D eigenvalue weighted by Crippen LogP contribution is -2.10. The Bertz CT molecular complexity index is 660. The summed E-state index contributed by atoms with van der Waals surface area (Å²) in [6, 6.07) is 4.48. The number of hydrogen-bond donors (Lipinski definition) is 0. The molecule has 0 saturated heterocycles. The van der Waals surface area contributed by atoms with E-state index in [0.717, 1.165) is 17.9 Å². The molecular weight excluding hydrogens is 254 g/mol. The molecule has 0 amide bonds. The highest BCUT2D eigenvalue weighted by molar-refractivity contribution is 6.36. The molecule has 0 atom stereocenters. The predicted molar refractivity (Wildman–Crippen MR) is 80.0 cm³/mol. The molecule has 1 aromatic carbocycles. The van der Waals surface area contributed by atoms with Crippen LogP contribution >= 0.6 is 11.6 Å². The number of halogens is 1. The molecule has 2 aliphatic carbocycles. The van der Waals surface area contributed by atoms with Crippen LogP contribution in [-0.4, -0.2) is 4.98 Å². The zero-order valence-electron chi connectivity index (χ0n) is 11.1. The van der Waals surface area contributed by atoms with E-state index in [1.165, 1.54) is 71.8 Å².